The standard InChI is InChI=1S/C9H14O4/c1-8(2)11-4-9(5-12-8)7-6(13-7)3-10-9/h6-7H,3-5H2,1-2H3. The molecular formula is C9H14O4. The van der Waals surface area contributed by atoms with E-state index in [2.05, 4.69) is 0 Å². The van der Waals surface area contributed by atoms with Gasteiger partial charge in [-0.3, -0.25) is 0 Å². The first-order valence-electron chi connectivity index (χ1n) is 4.69. The molecular weight excluding hydrogens is 172 g/mol. The molecule has 74 valence electrons. The van der Waals surface area contributed by atoms with E-state index in [4.69, 9.17) is 18.9 Å². The van der Waals surface area contributed by atoms with Crippen molar-refractivity contribution in [3.8, 4) is 0 Å². The second-order valence-corrected chi connectivity index (χ2v) is 4.45. The Bertz CT molecular complexity index is 228. The molecule has 0 aromatic carbocycles. The lowest BCUT2D eigenvalue weighted by Gasteiger charge is -2.40. The number of fused-ring (bicyclic) bond motifs is 2. The number of epoxide rings is 1. The van der Waals surface area contributed by atoms with Gasteiger partial charge in [-0.15, -0.1) is 0 Å². The number of ether oxygens (including phenoxy) is 4. The lowest BCUT2D eigenvalue weighted by Crippen LogP contribution is -2.54. The van der Waals surface area contributed by atoms with Crippen molar-refractivity contribution in [2.24, 2.45) is 0 Å². The summed E-state index contributed by atoms with van der Waals surface area (Å²) in [6.45, 7) is 5.69. The minimum absolute atomic E-state index is 0.212. The maximum atomic E-state index is 5.66. The summed E-state index contributed by atoms with van der Waals surface area (Å²) in [5, 5.41) is 0. The van der Waals surface area contributed by atoms with E-state index < -0.39 is 5.79 Å². The van der Waals surface area contributed by atoms with Crippen molar-refractivity contribution in [1.82, 2.24) is 0 Å². The van der Waals surface area contributed by atoms with Crippen LogP contribution in [0.4, 0.5) is 0 Å². The summed E-state index contributed by atoms with van der Waals surface area (Å²) in [5.41, 5.74) is -0.305. The third-order valence-electron chi connectivity index (χ3n) is 2.96. The zero-order valence-electron chi connectivity index (χ0n) is 7.91. The first kappa shape index (κ1) is 8.17. The molecule has 3 fully saturated rings. The van der Waals surface area contributed by atoms with Crippen LogP contribution in [0.25, 0.3) is 0 Å². The molecule has 1 spiro atoms. The molecule has 4 heteroatoms. The minimum atomic E-state index is -0.471. The van der Waals surface area contributed by atoms with E-state index >= 15 is 0 Å². The lowest BCUT2D eigenvalue weighted by atomic mass is 10.0. The van der Waals surface area contributed by atoms with Crippen molar-refractivity contribution < 1.29 is 18.9 Å². The molecule has 3 aliphatic rings. The van der Waals surface area contributed by atoms with Gasteiger partial charge in [0.15, 0.2) is 5.79 Å². The Balaban J connectivity index is 1.74. The normalized spacial score (nSPS) is 44.8. The Kier molecular flexibility index (Phi) is 1.42. The third-order valence-corrected chi connectivity index (χ3v) is 2.96. The van der Waals surface area contributed by atoms with Crippen LogP contribution in [-0.2, 0) is 18.9 Å². The third kappa shape index (κ3) is 1.13. The summed E-state index contributed by atoms with van der Waals surface area (Å²) in [4.78, 5) is 0. The quantitative estimate of drug-likeness (QED) is 0.510. The molecule has 0 amide bonds. The van der Waals surface area contributed by atoms with Gasteiger partial charge in [-0.2, -0.15) is 0 Å². The van der Waals surface area contributed by atoms with E-state index in [-0.39, 0.29) is 11.7 Å². The molecule has 0 N–H and O–H groups in total. The van der Waals surface area contributed by atoms with Crippen LogP contribution >= 0.6 is 0 Å². The van der Waals surface area contributed by atoms with Crippen molar-refractivity contribution in [2.75, 3.05) is 19.8 Å². The zero-order valence-corrected chi connectivity index (χ0v) is 7.91. The fraction of sp³-hybridized carbons (Fsp3) is 1.00. The molecule has 13 heavy (non-hydrogen) atoms. The SMILES string of the molecule is CC1(C)OCC2(CO1)OCC1OC12. The van der Waals surface area contributed by atoms with Gasteiger partial charge in [0.25, 0.3) is 0 Å². The van der Waals surface area contributed by atoms with Crippen molar-refractivity contribution in [3.05, 3.63) is 0 Å². The summed E-state index contributed by atoms with van der Waals surface area (Å²) < 4.78 is 22.2. The Morgan fingerprint density at radius 1 is 1.08 bits per heavy atom. The van der Waals surface area contributed by atoms with Crippen LogP contribution in [0.2, 0.25) is 0 Å². The number of hydrogen-bond donors (Lipinski definition) is 0. The van der Waals surface area contributed by atoms with E-state index in [9.17, 15) is 0 Å². The van der Waals surface area contributed by atoms with E-state index in [1.54, 1.807) is 0 Å². The summed E-state index contributed by atoms with van der Waals surface area (Å²) in [6, 6.07) is 0. The Morgan fingerprint density at radius 3 is 2.23 bits per heavy atom. The molecule has 2 unspecified atom stereocenters. The van der Waals surface area contributed by atoms with E-state index in [0.29, 0.717) is 25.9 Å². The van der Waals surface area contributed by atoms with Gasteiger partial charge in [0, 0.05) is 0 Å². The van der Waals surface area contributed by atoms with Crippen LogP contribution < -0.4 is 0 Å². The van der Waals surface area contributed by atoms with Crippen molar-refractivity contribution in [1.29, 1.82) is 0 Å². The first-order valence-corrected chi connectivity index (χ1v) is 4.69. The van der Waals surface area contributed by atoms with Crippen LogP contribution in [0.15, 0.2) is 0 Å². The van der Waals surface area contributed by atoms with Gasteiger partial charge < -0.3 is 18.9 Å². The highest BCUT2D eigenvalue weighted by Crippen LogP contribution is 2.45. The summed E-state index contributed by atoms with van der Waals surface area (Å²) >= 11 is 0. The summed E-state index contributed by atoms with van der Waals surface area (Å²) in [7, 11) is 0. The molecule has 0 bridgehead atoms. The number of rotatable bonds is 0. The largest absolute Gasteiger partial charge is 0.365 e. The monoisotopic (exact) mass is 186 g/mol. The predicted octanol–water partition coefficient (Wildman–Crippen LogP) is 0.306. The predicted molar refractivity (Wildman–Crippen MR) is 43.3 cm³/mol. The van der Waals surface area contributed by atoms with E-state index in [1.165, 1.54) is 0 Å². The zero-order chi connectivity index (χ0) is 9.10. The van der Waals surface area contributed by atoms with Crippen LogP contribution in [0, 0.1) is 0 Å². The maximum absolute atomic E-state index is 5.66. The maximum Gasteiger partial charge on any atom is 0.163 e. The highest BCUT2D eigenvalue weighted by molar-refractivity contribution is 5.09. The van der Waals surface area contributed by atoms with Crippen molar-refractivity contribution in [3.63, 3.8) is 0 Å². The molecule has 0 radical (unpaired) electrons. The molecule has 3 rings (SSSR count). The fourth-order valence-corrected chi connectivity index (χ4v) is 1.99. The molecule has 0 saturated carbocycles. The fourth-order valence-electron chi connectivity index (χ4n) is 1.99. The van der Waals surface area contributed by atoms with Crippen molar-refractivity contribution in [2.45, 2.75) is 37.4 Å². The summed E-state index contributed by atoms with van der Waals surface area (Å²) in [6.07, 6.45) is 0.511. The highest BCUT2D eigenvalue weighted by Gasteiger charge is 2.64. The van der Waals surface area contributed by atoms with Gasteiger partial charge in [-0.05, 0) is 13.8 Å². The topological polar surface area (TPSA) is 40.2 Å². The van der Waals surface area contributed by atoms with Gasteiger partial charge in [0.2, 0.25) is 0 Å². The molecule has 0 aliphatic carbocycles. The number of hydrogen-bond acceptors (Lipinski definition) is 4. The van der Waals surface area contributed by atoms with Gasteiger partial charge >= 0.3 is 0 Å². The molecule has 0 aromatic rings. The van der Waals surface area contributed by atoms with Crippen LogP contribution in [0.3, 0.4) is 0 Å². The molecule has 3 heterocycles. The second kappa shape index (κ2) is 2.25. The van der Waals surface area contributed by atoms with Crippen LogP contribution in [-0.4, -0.2) is 43.4 Å². The van der Waals surface area contributed by atoms with Gasteiger partial charge in [0.05, 0.1) is 19.8 Å². The molecule has 4 nitrogen and oxygen atoms in total. The van der Waals surface area contributed by atoms with Gasteiger partial charge in [-0.25, -0.2) is 0 Å². The smallest absolute Gasteiger partial charge is 0.163 e. The molecule has 3 saturated heterocycles. The average molecular weight is 186 g/mol. The van der Waals surface area contributed by atoms with E-state index in [0.717, 1.165) is 0 Å². The first-order chi connectivity index (χ1) is 6.11. The van der Waals surface area contributed by atoms with Crippen LogP contribution in [0.1, 0.15) is 13.8 Å². The van der Waals surface area contributed by atoms with E-state index in [1.807, 2.05) is 13.8 Å². The Morgan fingerprint density at radius 2 is 1.77 bits per heavy atom. The summed E-state index contributed by atoms with van der Waals surface area (Å²) in [5.74, 6) is -0.471. The molecule has 3 aliphatic heterocycles. The second-order valence-electron chi connectivity index (χ2n) is 4.45. The van der Waals surface area contributed by atoms with Gasteiger partial charge in [-0.1, -0.05) is 0 Å². The molecule has 0 aromatic heterocycles. The minimum Gasteiger partial charge on any atom is -0.365 e. The van der Waals surface area contributed by atoms with Gasteiger partial charge in [0.1, 0.15) is 17.8 Å². The van der Waals surface area contributed by atoms with Crippen molar-refractivity contribution >= 4 is 0 Å². The lowest BCUT2D eigenvalue weighted by molar-refractivity contribution is -0.310. The van der Waals surface area contributed by atoms with Crippen LogP contribution in [0.5, 0.6) is 0 Å². The Labute approximate surface area is 77.1 Å². The molecule has 2 atom stereocenters. The Hall–Kier alpha value is -0.160. The average Bonchev–Trinajstić information content (AvgIpc) is 2.79. The highest BCUT2D eigenvalue weighted by atomic mass is 16.7.